The molecule has 3 aromatic rings. The maximum Gasteiger partial charge on any atom is 0.143 e. The van der Waals surface area contributed by atoms with Gasteiger partial charge in [0.25, 0.3) is 0 Å². The lowest BCUT2D eigenvalue weighted by atomic mass is 10.2. The Kier molecular flexibility index (Phi) is 4.71. The van der Waals surface area contributed by atoms with Gasteiger partial charge in [-0.25, -0.2) is 15.0 Å². The molecule has 0 atom stereocenters. The summed E-state index contributed by atoms with van der Waals surface area (Å²) in [5.74, 6) is 2.98. The lowest BCUT2D eigenvalue weighted by Crippen LogP contribution is -2.36. The first kappa shape index (κ1) is 16.8. The molecule has 0 bridgehead atoms. The molecule has 3 aromatic heterocycles. The van der Waals surface area contributed by atoms with Gasteiger partial charge in [-0.15, -0.1) is 0 Å². The van der Waals surface area contributed by atoms with Crippen LogP contribution in [0.25, 0.3) is 11.0 Å². The van der Waals surface area contributed by atoms with Gasteiger partial charge in [0.1, 0.15) is 23.1 Å². The maximum atomic E-state index is 5.42. The molecule has 26 heavy (non-hydrogen) atoms. The minimum atomic E-state index is 0.275. The van der Waals surface area contributed by atoms with Crippen molar-refractivity contribution in [2.45, 2.75) is 26.3 Å². The molecular weight excluding hydrogens is 328 g/mol. The summed E-state index contributed by atoms with van der Waals surface area (Å²) < 4.78 is 5.42. The monoisotopic (exact) mass is 352 g/mol. The van der Waals surface area contributed by atoms with Crippen LogP contribution < -0.4 is 10.2 Å². The number of aromatic nitrogens is 4. The molecule has 0 saturated carbocycles. The number of hydrogen-bond donors (Lipinski definition) is 2. The van der Waals surface area contributed by atoms with Crippen molar-refractivity contribution < 1.29 is 4.74 Å². The minimum absolute atomic E-state index is 0.275. The summed E-state index contributed by atoms with van der Waals surface area (Å²) in [6, 6.07) is 6.18. The lowest BCUT2D eigenvalue weighted by Gasteiger charge is -2.28. The average molecular weight is 352 g/mol. The van der Waals surface area contributed by atoms with Crippen molar-refractivity contribution >= 4 is 22.7 Å². The molecule has 0 radical (unpaired) electrons. The van der Waals surface area contributed by atoms with Crippen LogP contribution in [0.1, 0.15) is 31.2 Å². The number of pyridine rings is 1. The second kappa shape index (κ2) is 7.29. The van der Waals surface area contributed by atoms with Crippen molar-refractivity contribution in [2.75, 3.05) is 36.5 Å². The Morgan fingerprint density at radius 3 is 2.88 bits per heavy atom. The van der Waals surface area contributed by atoms with Crippen molar-refractivity contribution in [2.24, 2.45) is 0 Å². The summed E-state index contributed by atoms with van der Waals surface area (Å²) in [6.07, 6.45) is 3.77. The fourth-order valence-corrected chi connectivity index (χ4v) is 3.07. The smallest absolute Gasteiger partial charge is 0.143 e. The number of nitrogens with one attached hydrogen (secondary N) is 2. The van der Waals surface area contributed by atoms with Gasteiger partial charge < -0.3 is 19.9 Å². The Morgan fingerprint density at radius 1 is 1.23 bits per heavy atom. The van der Waals surface area contributed by atoms with E-state index in [-0.39, 0.29) is 5.92 Å². The zero-order valence-corrected chi connectivity index (χ0v) is 15.2. The molecule has 0 aromatic carbocycles. The van der Waals surface area contributed by atoms with Crippen LogP contribution in [0.3, 0.4) is 0 Å². The third-order valence-electron chi connectivity index (χ3n) is 4.55. The summed E-state index contributed by atoms with van der Waals surface area (Å²) >= 11 is 0. The molecule has 2 N–H and O–H groups in total. The SMILES string of the molecule is CC(C)c1nc(NCc2ccnc(N3CCOCC3)c2)c2cc[nH]c2n1. The Bertz CT molecular complexity index is 885. The van der Waals surface area contributed by atoms with E-state index in [1.54, 1.807) is 0 Å². The lowest BCUT2D eigenvalue weighted by molar-refractivity contribution is 0.122. The van der Waals surface area contributed by atoms with Crippen LogP contribution in [-0.4, -0.2) is 46.2 Å². The first-order chi connectivity index (χ1) is 12.7. The Morgan fingerprint density at radius 2 is 2.08 bits per heavy atom. The van der Waals surface area contributed by atoms with E-state index in [0.717, 1.165) is 54.8 Å². The fraction of sp³-hybridized carbons (Fsp3) is 0.421. The highest BCUT2D eigenvalue weighted by atomic mass is 16.5. The highest BCUT2D eigenvalue weighted by Gasteiger charge is 2.14. The number of ether oxygens (including phenoxy) is 1. The van der Waals surface area contributed by atoms with Gasteiger partial charge in [-0.2, -0.15) is 0 Å². The van der Waals surface area contributed by atoms with Crippen molar-refractivity contribution in [3.05, 3.63) is 42.0 Å². The molecule has 0 unspecified atom stereocenters. The topological polar surface area (TPSA) is 79.0 Å². The second-order valence-electron chi connectivity index (χ2n) is 6.80. The van der Waals surface area contributed by atoms with E-state index in [0.29, 0.717) is 6.54 Å². The summed E-state index contributed by atoms with van der Waals surface area (Å²) in [6.45, 7) is 8.18. The van der Waals surface area contributed by atoms with E-state index >= 15 is 0 Å². The predicted molar refractivity (Wildman–Crippen MR) is 103 cm³/mol. The third kappa shape index (κ3) is 3.48. The van der Waals surface area contributed by atoms with Crippen LogP contribution in [0.4, 0.5) is 11.6 Å². The highest BCUT2D eigenvalue weighted by molar-refractivity contribution is 5.87. The van der Waals surface area contributed by atoms with Crippen LogP contribution in [0.15, 0.2) is 30.6 Å². The van der Waals surface area contributed by atoms with E-state index in [9.17, 15) is 0 Å². The Labute approximate surface area is 152 Å². The second-order valence-corrected chi connectivity index (χ2v) is 6.80. The number of nitrogens with zero attached hydrogens (tertiary/aromatic N) is 4. The van der Waals surface area contributed by atoms with Crippen LogP contribution >= 0.6 is 0 Å². The van der Waals surface area contributed by atoms with Crippen LogP contribution in [-0.2, 0) is 11.3 Å². The Balaban J connectivity index is 1.54. The quantitative estimate of drug-likeness (QED) is 0.735. The largest absolute Gasteiger partial charge is 0.378 e. The maximum absolute atomic E-state index is 5.42. The molecule has 7 heteroatoms. The zero-order chi connectivity index (χ0) is 17.9. The molecule has 136 valence electrons. The average Bonchev–Trinajstić information content (AvgIpc) is 3.16. The van der Waals surface area contributed by atoms with Crippen LogP contribution in [0.5, 0.6) is 0 Å². The number of morpholine rings is 1. The molecule has 4 rings (SSSR count). The van der Waals surface area contributed by atoms with Gasteiger partial charge in [0.05, 0.1) is 18.6 Å². The molecule has 1 fully saturated rings. The highest BCUT2D eigenvalue weighted by Crippen LogP contribution is 2.23. The van der Waals surface area contributed by atoms with Crippen molar-refractivity contribution in [3.63, 3.8) is 0 Å². The van der Waals surface area contributed by atoms with Gasteiger partial charge in [-0.1, -0.05) is 13.8 Å². The van der Waals surface area contributed by atoms with Gasteiger partial charge in [-0.05, 0) is 23.8 Å². The summed E-state index contributed by atoms with van der Waals surface area (Å²) in [5, 5.41) is 4.48. The molecule has 4 heterocycles. The number of anilines is 2. The molecule has 0 amide bonds. The van der Waals surface area contributed by atoms with E-state index in [1.807, 2.05) is 24.5 Å². The first-order valence-corrected chi connectivity index (χ1v) is 9.07. The van der Waals surface area contributed by atoms with Gasteiger partial charge in [0, 0.05) is 37.9 Å². The number of fused-ring (bicyclic) bond motifs is 1. The third-order valence-corrected chi connectivity index (χ3v) is 4.55. The van der Waals surface area contributed by atoms with Crippen LogP contribution in [0, 0.1) is 0 Å². The van der Waals surface area contributed by atoms with E-state index in [4.69, 9.17) is 9.72 Å². The number of H-pyrrole nitrogens is 1. The summed E-state index contributed by atoms with van der Waals surface area (Å²) in [5.41, 5.74) is 2.05. The minimum Gasteiger partial charge on any atom is -0.378 e. The molecule has 0 spiro atoms. The number of hydrogen-bond acceptors (Lipinski definition) is 6. The molecule has 1 aliphatic heterocycles. The molecular formula is C19H24N6O. The van der Waals surface area contributed by atoms with Crippen molar-refractivity contribution in [1.82, 2.24) is 19.9 Å². The van der Waals surface area contributed by atoms with Crippen LogP contribution in [0.2, 0.25) is 0 Å². The number of aromatic amines is 1. The van der Waals surface area contributed by atoms with E-state index in [1.165, 1.54) is 5.56 Å². The zero-order valence-electron chi connectivity index (χ0n) is 15.2. The standard InChI is InChI=1S/C19H24N6O/c1-13(2)17-23-18-15(4-6-21-18)19(24-17)22-12-14-3-5-20-16(11-14)25-7-9-26-10-8-25/h3-6,11,13H,7-10,12H2,1-2H3,(H2,21,22,23,24). The van der Waals surface area contributed by atoms with Gasteiger partial charge in [0.15, 0.2) is 0 Å². The molecule has 1 saturated heterocycles. The fourth-order valence-electron chi connectivity index (χ4n) is 3.07. The summed E-state index contributed by atoms with van der Waals surface area (Å²) in [7, 11) is 0. The molecule has 0 aliphatic carbocycles. The number of rotatable bonds is 5. The molecule has 1 aliphatic rings. The van der Waals surface area contributed by atoms with Crippen molar-refractivity contribution in [3.8, 4) is 0 Å². The Hall–Kier alpha value is -2.67. The summed E-state index contributed by atoms with van der Waals surface area (Å²) in [4.78, 5) is 19.3. The predicted octanol–water partition coefficient (Wildman–Crippen LogP) is 2.93. The van der Waals surface area contributed by atoms with E-state index in [2.05, 4.69) is 45.1 Å². The van der Waals surface area contributed by atoms with Gasteiger partial charge in [-0.3, -0.25) is 0 Å². The van der Waals surface area contributed by atoms with Gasteiger partial charge in [0.2, 0.25) is 0 Å². The molecule has 7 nitrogen and oxygen atoms in total. The first-order valence-electron chi connectivity index (χ1n) is 9.07. The van der Waals surface area contributed by atoms with Gasteiger partial charge >= 0.3 is 0 Å². The van der Waals surface area contributed by atoms with E-state index < -0.39 is 0 Å². The van der Waals surface area contributed by atoms with Crippen molar-refractivity contribution in [1.29, 1.82) is 0 Å². The normalized spacial score (nSPS) is 15.0.